The van der Waals surface area contributed by atoms with Gasteiger partial charge in [0.25, 0.3) is 0 Å². The summed E-state index contributed by atoms with van der Waals surface area (Å²) in [7, 11) is 1.49. The van der Waals surface area contributed by atoms with Crippen LogP contribution in [0, 0.1) is 17.8 Å². The molecule has 4 unspecified atom stereocenters. The molecule has 51 heavy (non-hydrogen) atoms. The van der Waals surface area contributed by atoms with E-state index in [1.54, 1.807) is 30.5 Å². The number of aryl methyl sites for hydroxylation is 2. The lowest BCUT2D eigenvalue weighted by molar-refractivity contribution is -0.131. The zero-order chi connectivity index (χ0) is 36.5. The number of aromatic hydroxyl groups is 3. The molecule has 2 aromatic carbocycles. The van der Waals surface area contributed by atoms with Crippen molar-refractivity contribution in [3.05, 3.63) is 89.4 Å². The summed E-state index contributed by atoms with van der Waals surface area (Å²) in [5, 5.41) is 43.5. The van der Waals surface area contributed by atoms with Crippen LogP contribution in [0.3, 0.4) is 0 Å². The Bertz CT molecular complexity index is 1740. The number of methoxy groups -OCH3 is 1. The van der Waals surface area contributed by atoms with Gasteiger partial charge in [0.15, 0.2) is 23.0 Å². The van der Waals surface area contributed by atoms with E-state index in [1.165, 1.54) is 13.2 Å². The molecule has 5 rings (SSSR count). The maximum Gasteiger partial charge on any atom is 0.200 e. The summed E-state index contributed by atoms with van der Waals surface area (Å²) in [4.78, 5) is 22.4. The van der Waals surface area contributed by atoms with Crippen LogP contribution < -0.4 is 15.2 Å². The first-order valence-corrected chi connectivity index (χ1v) is 18.1. The normalized spacial score (nSPS) is 18.5. The molecule has 1 aliphatic rings. The quantitative estimate of drug-likeness (QED) is 0.0472. The highest BCUT2D eigenvalue weighted by molar-refractivity contribution is 5.84. The van der Waals surface area contributed by atoms with Crippen LogP contribution in [0.2, 0.25) is 0 Å². The molecule has 0 bridgehead atoms. The van der Waals surface area contributed by atoms with Gasteiger partial charge in [-0.05, 0) is 128 Å². The van der Waals surface area contributed by atoms with Crippen molar-refractivity contribution < 1.29 is 34.7 Å². The molecule has 0 spiro atoms. The van der Waals surface area contributed by atoms with E-state index in [-0.39, 0.29) is 47.5 Å². The lowest BCUT2D eigenvalue weighted by Gasteiger charge is -2.44. The van der Waals surface area contributed by atoms with Gasteiger partial charge in [-0.2, -0.15) is 0 Å². The number of ketones is 1. The van der Waals surface area contributed by atoms with Gasteiger partial charge in [-0.15, -0.1) is 0 Å². The van der Waals surface area contributed by atoms with Crippen molar-refractivity contribution >= 4 is 11.6 Å². The van der Waals surface area contributed by atoms with Gasteiger partial charge in [0.2, 0.25) is 5.75 Å². The Balaban J connectivity index is 1.48. The maximum atomic E-state index is 14.8. The molecule has 0 amide bonds. The highest BCUT2D eigenvalue weighted by Crippen LogP contribution is 2.54. The van der Waals surface area contributed by atoms with E-state index < -0.39 is 17.4 Å². The number of H-pyrrole nitrogens is 1. The molecular formula is C41H53N3O7. The third-order valence-corrected chi connectivity index (χ3v) is 10.5. The molecule has 0 saturated heterocycles. The second kappa shape index (κ2) is 17.0. The molecule has 4 aromatic rings. The van der Waals surface area contributed by atoms with E-state index >= 15 is 0 Å². The molecule has 2 aromatic heterocycles. The zero-order valence-corrected chi connectivity index (χ0v) is 30.0. The number of anilines is 1. The third-order valence-electron chi connectivity index (χ3n) is 10.5. The number of nitrogens with two attached hydrogens (primary N) is 1. The number of aromatic amines is 1. The van der Waals surface area contributed by atoms with Crippen LogP contribution in [-0.2, 0) is 29.5 Å². The fraction of sp³-hybridized carbons (Fsp3) is 0.463. The van der Waals surface area contributed by atoms with E-state index in [0.29, 0.717) is 55.3 Å². The largest absolute Gasteiger partial charge is 0.504 e. The topological polar surface area (TPSA) is 171 Å². The van der Waals surface area contributed by atoms with E-state index in [0.717, 1.165) is 42.5 Å². The van der Waals surface area contributed by atoms with Crippen LogP contribution in [0.25, 0.3) is 0 Å². The Kier molecular flexibility index (Phi) is 12.5. The lowest BCUT2D eigenvalue weighted by Crippen LogP contribution is -2.49. The number of rotatable bonds is 18. The molecule has 4 atom stereocenters. The predicted molar refractivity (Wildman–Crippen MR) is 197 cm³/mol. The first-order chi connectivity index (χ1) is 24.5. The minimum atomic E-state index is -1.01. The van der Waals surface area contributed by atoms with Gasteiger partial charge in [0.05, 0.1) is 25.7 Å². The van der Waals surface area contributed by atoms with Crippen molar-refractivity contribution in [1.29, 1.82) is 0 Å². The SMILES string of the molecule is COc1cc(CCC(O)C(C(=O)CCc2cc(O)c(O)c(OCCCC(C)C)c2)C2(c3ccnc(N)c3)CCCC2Cc2ccc[nH]2)ccc1O. The number of nitrogen functional groups attached to an aromatic ring is 1. The smallest absolute Gasteiger partial charge is 0.200 e. The van der Waals surface area contributed by atoms with Crippen LogP contribution in [-0.4, -0.2) is 56.0 Å². The van der Waals surface area contributed by atoms with Crippen molar-refractivity contribution in [2.75, 3.05) is 19.5 Å². The summed E-state index contributed by atoms with van der Waals surface area (Å²) in [6, 6.07) is 16.1. The lowest BCUT2D eigenvalue weighted by atomic mass is 9.59. The number of nitrogens with zero attached hydrogens (tertiary/aromatic N) is 1. The average Bonchev–Trinajstić information content (AvgIpc) is 3.78. The Labute approximate surface area is 300 Å². The summed E-state index contributed by atoms with van der Waals surface area (Å²) in [6.45, 7) is 4.67. The number of ether oxygens (including phenoxy) is 2. The molecule has 1 fully saturated rings. The average molecular weight is 700 g/mol. The van der Waals surface area contributed by atoms with Crippen LogP contribution in [0.15, 0.2) is 67.0 Å². The number of Topliss-reactive ketones (excluding diaryl/α,β-unsaturated/α-hetero) is 1. The van der Waals surface area contributed by atoms with Crippen LogP contribution in [0.5, 0.6) is 28.7 Å². The van der Waals surface area contributed by atoms with Crippen molar-refractivity contribution in [3.63, 3.8) is 0 Å². The van der Waals surface area contributed by atoms with Crippen molar-refractivity contribution in [2.24, 2.45) is 17.8 Å². The third kappa shape index (κ3) is 8.97. The highest BCUT2D eigenvalue weighted by atomic mass is 16.5. The van der Waals surface area contributed by atoms with E-state index in [2.05, 4.69) is 29.9 Å². The number of aromatic nitrogens is 2. The van der Waals surface area contributed by atoms with Crippen LogP contribution >= 0.6 is 0 Å². The van der Waals surface area contributed by atoms with Crippen LogP contribution in [0.1, 0.15) is 81.2 Å². The molecular weight excluding hydrogens is 646 g/mol. The summed E-state index contributed by atoms with van der Waals surface area (Å²) in [5.41, 5.74) is 9.02. The number of carbonyl (C=O) groups is 1. The number of hydrogen-bond acceptors (Lipinski definition) is 9. The van der Waals surface area contributed by atoms with Gasteiger partial charge in [-0.1, -0.05) is 26.3 Å². The van der Waals surface area contributed by atoms with Gasteiger partial charge < -0.3 is 40.6 Å². The first-order valence-electron chi connectivity index (χ1n) is 18.1. The van der Waals surface area contributed by atoms with Crippen LogP contribution in [0.4, 0.5) is 5.82 Å². The minimum absolute atomic E-state index is 0.0267. The Hall–Kier alpha value is -4.70. The van der Waals surface area contributed by atoms with Gasteiger partial charge >= 0.3 is 0 Å². The summed E-state index contributed by atoms with van der Waals surface area (Å²) >= 11 is 0. The monoisotopic (exact) mass is 699 g/mol. The summed E-state index contributed by atoms with van der Waals surface area (Å²) < 4.78 is 11.2. The number of aliphatic hydroxyl groups is 1. The molecule has 1 aliphatic carbocycles. The predicted octanol–water partition coefficient (Wildman–Crippen LogP) is 7.02. The molecule has 0 aliphatic heterocycles. The van der Waals surface area contributed by atoms with Crippen molar-refractivity contribution in [3.8, 4) is 28.7 Å². The second-order valence-electron chi connectivity index (χ2n) is 14.4. The van der Waals surface area contributed by atoms with E-state index in [4.69, 9.17) is 15.2 Å². The van der Waals surface area contributed by atoms with Gasteiger partial charge in [0, 0.05) is 29.9 Å². The number of phenolic OH excluding ortho intramolecular Hbond substituents is 3. The molecule has 10 heteroatoms. The molecule has 2 heterocycles. The fourth-order valence-electron chi connectivity index (χ4n) is 8.06. The molecule has 7 N–H and O–H groups in total. The number of phenols is 3. The number of pyridine rings is 1. The molecule has 274 valence electrons. The number of hydrogen-bond donors (Lipinski definition) is 6. The first kappa shape index (κ1) is 37.6. The Morgan fingerprint density at radius 1 is 1.02 bits per heavy atom. The van der Waals surface area contributed by atoms with E-state index in [9.17, 15) is 25.2 Å². The Morgan fingerprint density at radius 3 is 2.55 bits per heavy atom. The number of nitrogens with one attached hydrogen (secondary N) is 1. The van der Waals surface area contributed by atoms with Gasteiger partial charge in [-0.3, -0.25) is 4.79 Å². The molecule has 1 saturated carbocycles. The Morgan fingerprint density at radius 2 is 1.82 bits per heavy atom. The zero-order valence-electron chi connectivity index (χ0n) is 30.0. The van der Waals surface area contributed by atoms with Gasteiger partial charge in [-0.25, -0.2) is 4.98 Å². The minimum Gasteiger partial charge on any atom is -0.504 e. The summed E-state index contributed by atoms with van der Waals surface area (Å²) in [6.07, 6.45) is 8.63. The second-order valence-corrected chi connectivity index (χ2v) is 14.4. The fourth-order valence-corrected chi connectivity index (χ4v) is 8.06. The number of benzene rings is 2. The standard InChI is InChI=1S/C41H53N3O7/c1-26(2)7-6-20-51-37-23-28(21-35(48)40(37)49)12-15-34(47)39(33(46)14-11-27-10-13-32(45)36(22-27)50-3)41(30-16-19-44-38(42)25-30)17-4-8-29(41)24-31-9-5-18-43-31/h5,9-10,13,16,18-19,21-23,25-26,29,33,39,43,45-46,48-49H,4,6-8,11-12,14-15,17,20,24H2,1-3H3,(H2,42,44). The van der Waals surface area contributed by atoms with E-state index in [1.807, 2.05) is 24.4 Å². The maximum absolute atomic E-state index is 14.8. The molecule has 10 nitrogen and oxygen atoms in total. The van der Waals surface area contributed by atoms with Gasteiger partial charge in [0.1, 0.15) is 11.6 Å². The highest BCUT2D eigenvalue weighted by Gasteiger charge is 2.54. The number of aliphatic hydroxyl groups excluding tert-OH is 1. The van der Waals surface area contributed by atoms with Crippen molar-refractivity contribution in [2.45, 2.75) is 89.6 Å². The molecule has 0 radical (unpaired) electrons. The van der Waals surface area contributed by atoms with Crippen molar-refractivity contribution in [1.82, 2.24) is 9.97 Å². The number of carbonyl (C=O) groups excluding carboxylic acids is 1. The summed E-state index contributed by atoms with van der Waals surface area (Å²) in [5.74, 6) is -0.0149.